The molecule has 2 amide bonds. The molecule has 1 fully saturated rings. The van der Waals surface area contributed by atoms with Gasteiger partial charge in [-0.05, 0) is 36.5 Å². The van der Waals surface area contributed by atoms with Crippen molar-refractivity contribution in [1.82, 2.24) is 4.90 Å². The molecular weight excluding hydrogens is 452 g/mol. The smallest absolute Gasteiger partial charge is 0.430 e. The lowest BCUT2D eigenvalue weighted by Crippen LogP contribution is -2.53. The van der Waals surface area contributed by atoms with Gasteiger partial charge in [0.05, 0.1) is 19.0 Å². The van der Waals surface area contributed by atoms with E-state index < -0.39 is 30.1 Å². The van der Waals surface area contributed by atoms with Gasteiger partial charge in [-0.2, -0.15) is 26.3 Å². The van der Waals surface area contributed by atoms with Crippen molar-refractivity contribution in [2.24, 2.45) is 0 Å². The molecule has 2 aliphatic rings. The largest absolute Gasteiger partial charge is 0.493 e. The molecular formula is C19H19F6NO4S. The molecule has 31 heavy (non-hydrogen) atoms. The standard InChI is InChI=1S/C19H19F6NO4S/c1-2-11-12-9-30-17(18(20,21)22,19(23,24)25)13(12)5-6-14(11)29-8-4-3-7-26-15(27)10-31-16(26)28/h5-6H,2-4,7-10H2,1H3. The molecule has 1 aromatic carbocycles. The number of hydrogen-bond donors (Lipinski definition) is 0. The zero-order valence-electron chi connectivity index (χ0n) is 16.4. The maximum Gasteiger partial charge on any atom is 0.430 e. The van der Waals surface area contributed by atoms with Gasteiger partial charge in [0.1, 0.15) is 5.75 Å². The second kappa shape index (κ2) is 8.53. The number of carbonyl (C=O) groups is 2. The molecule has 0 atom stereocenters. The van der Waals surface area contributed by atoms with E-state index in [4.69, 9.17) is 4.74 Å². The summed E-state index contributed by atoms with van der Waals surface area (Å²) < 4.78 is 90.8. The van der Waals surface area contributed by atoms with Crippen LogP contribution in [-0.4, -0.2) is 47.3 Å². The summed E-state index contributed by atoms with van der Waals surface area (Å²) >= 11 is 0.928. The highest BCUT2D eigenvalue weighted by molar-refractivity contribution is 8.14. The van der Waals surface area contributed by atoms with E-state index in [9.17, 15) is 35.9 Å². The Morgan fingerprint density at radius 2 is 1.81 bits per heavy atom. The second-order valence-corrected chi connectivity index (χ2v) is 7.97. The number of imide groups is 1. The summed E-state index contributed by atoms with van der Waals surface area (Å²) in [5.74, 6) is 0.0403. The van der Waals surface area contributed by atoms with Gasteiger partial charge in [0, 0.05) is 12.1 Å². The van der Waals surface area contributed by atoms with Crippen molar-refractivity contribution in [2.75, 3.05) is 18.9 Å². The molecule has 2 heterocycles. The van der Waals surface area contributed by atoms with Crippen molar-refractivity contribution in [3.05, 3.63) is 28.8 Å². The monoisotopic (exact) mass is 471 g/mol. The zero-order valence-corrected chi connectivity index (χ0v) is 17.2. The maximum atomic E-state index is 13.5. The number of halogens is 6. The number of benzene rings is 1. The highest BCUT2D eigenvalue weighted by Crippen LogP contribution is 2.58. The minimum absolute atomic E-state index is 0.115. The molecule has 3 rings (SSSR count). The molecule has 172 valence electrons. The highest BCUT2D eigenvalue weighted by Gasteiger charge is 2.75. The lowest BCUT2D eigenvalue weighted by atomic mass is 9.88. The van der Waals surface area contributed by atoms with E-state index in [-0.39, 0.29) is 53.3 Å². The number of rotatable bonds is 7. The normalized spacial score (nSPS) is 18.6. The first kappa shape index (κ1) is 23.7. The molecule has 0 aromatic heterocycles. The van der Waals surface area contributed by atoms with Gasteiger partial charge >= 0.3 is 12.4 Å². The Hall–Kier alpha value is -1.95. The summed E-state index contributed by atoms with van der Waals surface area (Å²) in [7, 11) is 0. The quantitative estimate of drug-likeness (QED) is 0.416. The average molecular weight is 471 g/mol. The fraction of sp³-hybridized carbons (Fsp3) is 0.579. The number of ether oxygens (including phenoxy) is 2. The van der Waals surface area contributed by atoms with Gasteiger partial charge in [-0.25, -0.2) is 0 Å². The topological polar surface area (TPSA) is 55.8 Å². The predicted molar refractivity (Wildman–Crippen MR) is 98.7 cm³/mol. The third-order valence-electron chi connectivity index (χ3n) is 5.23. The minimum Gasteiger partial charge on any atom is -0.493 e. The number of thioether (sulfide) groups is 1. The van der Waals surface area contributed by atoms with Crippen LogP contribution in [0.2, 0.25) is 0 Å². The molecule has 5 nitrogen and oxygen atoms in total. The van der Waals surface area contributed by atoms with Crippen LogP contribution in [0.4, 0.5) is 31.1 Å². The SMILES string of the molecule is CCc1c(OCCCCN2C(=O)CSC2=O)ccc2c1COC2(C(F)(F)F)C(F)(F)F. The van der Waals surface area contributed by atoms with E-state index >= 15 is 0 Å². The molecule has 0 saturated carbocycles. The van der Waals surface area contributed by atoms with E-state index in [0.29, 0.717) is 12.8 Å². The molecule has 1 saturated heterocycles. The molecule has 0 spiro atoms. The number of unbranched alkanes of at least 4 members (excludes halogenated alkanes) is 1. The molecule has 0 aliphatic carbocycles. The van der Waals surface area contributed by atoms with Crippen LogP contribution < -0.4 is 4.74 Å². The predicted octanol–water partition coefficient (Wildman–Crippen LogP) is 4.95. The van der Waals surface area contributed by atoms with Crippen LogP contribution in [-0.2, 0) is 28.2 Å². The van der Waals surface area contributed by atoms with Crippen molar-refractivity contribution in [3.8, 4) is 5.75 Å². The fourth-order valence-corrected chi connectivity index (χ4v) is 4.48. The van der Waals surface area contributed by atoms with Crippen molar-refractivity contribution < 1.29 is 45.4 Å². The van der Waals surface area contributed by atoms with Crippen molar-refractivity contribution >= 4 is 22.9 Å². The molecule has 0 radical (unpaired) electrons. The number of carbonyl (C=O) groups excluding carboxylic acids is 2. The number of alkyl halides is 6. The second-order valence-electron chi connectivity index (χ2n) is 7.04. The Morgan fingerprint density at radius 3 is 2.35 bits per heavy atom. The van der Waals surface area contributed by atoms with E-state index in [2.05, 4.69) is 4.74 Å². The van der Waals surface area contributed by atoms with Gasteiger partial charge in [-0.15, -0.1) is 0 Å². The number of fused-ring (bicyclic) bond motifs is 1. The zero-order chi connectivity index (χ0) is 23.0. The Morgan fingerprint density at radius 1 is 1.13 bits per heavy atom. The Bertz CT molecular complexity index is 840. The summed E-state index contributed by atoms with van der Waals surface area (Å²) in [6, 6.07) is 1.86. The van der Waals surface area contributed by atoms with Gasteiger partial charge in [-0.3, -0.25) is 14.5 Å². The van der Waals surface area contributed by atoms with Crippen molar-refractivity contribution in [3.63, 3.8) is 0 Å². The third kappa shape index (κ3) is 4.11. The maximum absolute atomic E-state index is 13.5. The molecule has 0 N–H and O–H groups in total. The van der Waals surface area contributed by atoms with Crippen LogP contribution in [0, 0.1) is 0 Å². The summed E-state index contributed by atoms with van der Waals surface area (Å²) in [5, 5.41) is -0.310. The summed E-state index contributed by atoms with van der Waals surface area (Å²) in [4.78, 5) is 24.2. The molecule has 0 bridgehead atoms. The summed E-state index contributed by atoms with van der Waals surface area (Å²) in [6.07, 6.45) is -10.3. The van der Waals surface area contributed by atoms with Crippen LogP contribution in [0.1, 0.15) is 36.5 Å². The fourth-order valence-electron chi connectivity index (χ4n) is 3.73. The van der Waals surface area contributed by atoms with E-state index in [0.717, 1.165) is 28.8 Å². The van der Waals surface area contributed by atoms with Gasteiger partial charge in [0.25, 0.3) is 10.8 Å². The van der Waals surface area contributed by atoms with Crippen LogP contribution in [0.15, 0.2) is 12.1 Å². The highest BCUT2D eigenvalue weighted by atomic mass is 32.2. The van der Waals surface area contributed by atoms with Crippen LogP contribution in [0.5, 0.6) is 5.75 Å². The van der Waals surface area contributed by atoms with Crippen LogP contribution in [0.3, 0.4) is 0 Å². The van der Waals surface area contributed by atoms with Crippen LogP contribution >= 0.6 is 11.8 Å². The third-order valence-corrected chi connectivity index (χ3v) is 6.09. The first-order valence-corrected chi connectivity index (χ1v) is 10.4. The van der Waals surface area contributed by atoms with Gasteiger partial charge in [0.15, 0.2) is 0 Å². The summed E-state index contributed by atoms with van der Waals surface area (Å²) in [6.45, 7) is 1.13. The average Bonchev–Trinajstić information content (AvgIpc) is 3.22. The molecule has 2 aliphatic heterocycles. The van der Waals surface area contributed by atoms with Gasteiger partial charge in [0.2, 0.25) is 5.91 Å². The van der Waals surface area contributed by atoms with E-state index in [1.807, 2.05) is 0 Å². The number of hydrogen-bond acceptors (Lipinski definition) is 5. The first-order valence-electron chi connectivity index (χ1n) is 9.46. The van der Waals surface area contributed by atoms with E-state index in [1.165, 1.54) is 0 Å². The van der Waals surface area contributed by atoms with Gasteiger partial charge in [-0.1, -0.05) is 24.8 Å². The first-order chi connectivity index (χ1) is 14.4. The van der Waals surface area contributed by atoms with Crippen LogP contribution in [0.25, 0.3) is 0 Å². The Kier molecular flexibility index (Phi) is 6.52. The van der Waals surface area contributed by atoms with Gasteiger partial charge < -0.3 is 9.47 Å². The number of nitrogens with zero attached hydrogens (tertiary/aromatic N) is 1. The minimum atomic E-state index is -5.67. The van der Waals surface area contributed by atoms with E-state index in [1.54, 1.807) is 6.92 Å². The lowest BCUT2D eigenvalue weighted by molar-refractivity contribution is -0.385. The molecule has 1 aromatic rings. The van der Waals surface area contributed by atoms with Crippen molar-refractivity contribution in [1.29, 1.82) is 0 Å². The molecule has 0 unspecified atom stereocenters. The Labute approximate surface area is 178 Å². The molecule has 12 heteroatoms. The Balaban J connectivity index is 1.72. The summed E-state index contributed by atoms with van der Waals surface area (Å²) in [5.41, 5.74) is -5.25. The lowest BCUT2D eigenvalue weighted by Gasteiger charge is -2.33. The number of amides is 2. The van der Waals surface area contributed by atoms with Crippen molar-refractivity contribution in [2.45, 2.75) is 50.7 Å².